The molecular formula is C20H27N5O6S. The van der Waals surface area contributed by atoms with Crippen LogP contribution in [0.2, 0.25) is 0 Å². The number of nitro benzene ring substituents is 1. The van der Waals surface area contributed by atoms with E-state index in [0.717, 1.165) is 12.8 Å². The second-order valence-electron chi connectivity index (χ2n) is 8.82. The molecule has 1 aromatic carbocycles. The number of hydrogen-bond acceptors (Lipinski definition) is 7. The van der Waals surface area contributed by atoms with Crippen molar-refractivity contribution in [1.82, 2.24) is 19.4 Å². The van der Waals surface area contributed by atoms with E-state index in [4.69, 9.17) is 0 Å². The van der Waals surface area contributed by atoms with Crippen LogP contribution in [0.25, 0.3) is 0 Å². The van der Waals surface area contributed by atoms with Gasteiger partial charge < -0.3 is 5.32 Å². The molecule has 12 heteroatoms. The molecule has 11 nitrogen and oxygen atoms in total. The Bertz CT molecular complexity index is 1030. The molecule has 1 aliphatic carbocycles. The van der Waals surface area contributed by atoms with E-state index < -0.39 is 32.2 Å². The average molecular weight is 466 g/mol. The number of benzene rings is 1. The van der Waals surface area contributed by atoms with Crippen molar-refractivity contribution in [2.45, 2.75) is 43.0 Å². The molecule has 0 radical (unpaired) electrons. The number of sulfonamides is 1. The number of nitrogens with one attached hydrogen (secondary N) is 1. The first-order valence-corrected chi connectivity index (χ1v) is 12.2. The second kappa shape index (κ2) is 8.41. The number of para-hydroxylation sites is 1. The predicted molar refractivity (Wildman–Crippen MR) is 114 cm³/mol. The van der Waals surface area contributed by atoms with Crippen molar-refractivity contribution in [2.75, 3.05) is 32.8 Å². The van der Waals surface area contributed by atoms with Crippen LogP contribution >= 0.6 is 0 Å². The van der Waals surface area contributed by atoms with Crippen LogP contribution in [0.4, 0.5) is 10.5 Å². The zero-order chi connectivity index (χ0) is 23.1. The highest BCUT2D eigenvalue weighted by atomic mass is 32.2. The van der Waals surface area contributed by atoms with Crippen molar-refractivity contribution in [3.63, 3.8) is 0 Å². The molecule has 0 bridgehead atoms. The Balaban J connectivity index is 1.40. The van der Waals surface area contributed by atoms with Crippen LogP contribution in [0.5, 0.6) is 0 Å². The van der Waals surface area contributed by atoms with E-state index >= 15 is 0 Å². The van der Waals surface area contributed by atoms with Gasteiger partial charge in [0.15, 0.2) is 4.90 Å². The Morgan fingerprint density at radius 3 is 2.38 bits per heavy atom. The minimum absolute atomic E-state index is 0.0986. The normalized spacial score (nSPS) is 27.7. The number of piperazine rings is 1. The van der Waals surface area contributed by atoms with E-state index in [2.05, 4.69) is 12.2 Å². The molecule has 4 rings (SSSR count). The van der Waals surface area contributed by atoms with Crippen molar-refractivity contribution >= 4 is 27.6 Å². The van der Waals surface area contributed by atoms with E-state index in [-0.39, 0.29) is 30.6 Å². The first-order chi connectivity index (χ1) is 15.1. The lowest BCUT2D eigenvalue weighted by Gasteiger charge is -2.36. The predicted octanol–water partition coefficient (Wildman–Crippen LogP) is 1.36. The molecule has 2 aliphatic heterocycles. The van der Waals surface area contributed by atoms with Gasteiger partial charge in [0, 0.05) is 32.2 Å². The summed E-state index contributed by atoms with van der Waals surface area (Å²) in [6.07, 6.45) is 3.05. The van der Waals surface area contributed by atoms with Crippen molar-refractivity contribution in [3.05, 3.63) is 34.4 Å². The number of carbonyl (C=O) groups is 2. The maximum absolute atomic E-state index is 13.0. The third kappa shape index (κ3) is 3.97. The summed E-state index contributed by atoms with van der Waals surface area (Å²) in [7, 11) is -4.03. The van der Waals surface area contributed by atoms with Crippen LogP contribution in [-0.2, 0) is 14.8 Å². The number of urea groups is 1. The van der Waals surface area contributed by atoms with Gasteiger partial charge in [-0.15, -0.1) is 0 Å². The second-order valence-corrected chi connectivity index (χ2v) is 10.7. The molecule has 1 aromatic rings. The van der Waals surface area contributed by atoms with Gasteiger partial charge in [-0.25, -0.2) is 18.1 Å². The zero-order valence-electron chi connectivity index (χ0n) is 17.9. The molecule has 1 spiro atoms. The van der Waals surface area contributed by atoms with Gasteiger partial charge in [0.25, 0.3) is 11.6 Å². The summed E-state index contributed by atoms with van der Waals surface area (Å²) in [5.41, 5.74) is -1.26. The van der Waals surface area contributed by atoms with E-state index in [9.17, 15) is 28.1 Å². The molecule has 0 aromatic heterocycles. The summed E-state index contributed by atoms with van der Waals surface area (Å²) in [6.45, 7) is 3.08. The quantitative estimate of drug-likeness (QED) is 0.394. The van der Waals surface area contributed by atoms with Gasteiger partial charge in [0.2, 0.25) is 10.0 Å². The maximum atomic E-state index is 13.0. The Morgan fingerprint density at radius 2 is 1.75 bits per heavy atom. The smallest absolute Gasteiger partial charge is 0.323 e. The number of nitro groups is 1. The number of nitrogens with zero attached hydrogens (tertiary/aromatic N) is 4. The SMILES string of the molecule is CC1CCC2(CC1)NC(=O)N(CN1CCN(S(=O)(=O)c3ccccc3[N+](=O)[O-])CC1)C2=O. The lowest BCUT2D eigenvalue weighted by Crippen LogP contribution is -2.53. The van der Waals surface area contributed by atoms with Gasteiger partial charge >= 0.3 is 6.03 Å². The summed E-state index contributed by atoms with van der Waals surface area (Å²) in [4.78, 5) is 38.8. The highest BCUT2D eigenvalue weighted by Crippen LogP contribution is 2.36. The third-order valence-electron chi connectivity index (χ3n) is 6.73. The van der Waals surface area contributed by atoms with E-state index in [0.29, 0.717) is 31.8 Å². The fourth-order valence-electron chi connectivity index (χ4n) is 4.67. The molecule has 32 heavy (non-hydrogen) atoms. The van der Waals surface area contributed by atoms with Crippen LogP contribution in [0, 0.1) is 16.0 Å². The Hall–Kier alpha value is -2.57. The molecule has 2 saturated heterocycles. The molecule has 0 unspecified atom stereocenters. The highest BCUT2D eigenvalue weighted by Gasteiger charge is 2.52. The number of amides is 3. The Kier molecular flexibility index (Phi) is 5.94. The summed E-state index contributed by atoms with van der Waals surface area (Å²) in [5, 5.41) is 14.1. The lowest BCUT2D eigenvalue weighted by molar-refractivity contribution is -0.387. The fourth-order valence-corrected chi connectivity index (χ4v) is 6.25. The van der Waals surface area contributed by atoms with E-state index in [1.54, 1.807) is 0 Å². The number of hydrogen-bond donors (Lipinski definition) is 1. The van der Waals surface area contributed by atoms with E-state index in [1.807, 2.05) is 4.90 Å². The molecular weight excluding hydrogens is 438 g/mol. The summed E-state index contributed by atoms with van der Waals surface area (Å²) in [5.74, 6) is 0.333. The van der Waals surface area contributed by atoms with Gasteiger partial charge in [0.05, 0.1) is 11.6 Å². The van der Waals surface area contributed by atoms with Gasteiger partial charge in [-0.2, -0.15) is 4.31 Å². The van der Waals surface area contributed by atoms with Crippen LogP contribution in [0.15, 0.2) is 29.2 Å². The summed E-state index contributed by atoms with van der Waals surface area (Å²) < 4.78 is 27.2. The van der Waals surface area contributed by atoms with Crippen LogP contribution in [-0.4, -0.2) is 77.8 Å². The molecule has 0 atom stereocenters. The minimum atomic E-state index is -4.03. The molecule has 1 N–H and O–H groups in total. The number of rotatable bonds is 5. The minimum Gasteiger partial charge on any atom is -0.323 e. The van der Waals surface area contributed by atoms with Crippen molar-refractivity contribution in [2.24, 2.45) is 5.92 Å². The lowest BCUT2D eigenvalue weighted by atomic mass is 9.77. The largest absolute Gasteiger partial charge is 0.326 e. The van der Waals surface area contributed by atoms with Gasteiger partial charge in [-0.05, 0) is 37.7 Å². The van der Waals surface area contributed by atoms with E-state index in [1.165, 1.54) is 33.5 Å². The van der Waals surface area contributed by atoms with Crippen LogP contribution < -0.4 is 5.32 Å². The summed E-state index contributed by atoms with van der Waals surface area (Å²) >= 11 is 0. The molecule has 174 valence electrons. The van der Waals surface area contributed by atoms with Gasteiger partial charge in [-0.1, -0.05) is 19.1 Å². The third-order valence-corrected chi connectivity index (χ3v) is 8.67. The standard InChI is InChI=1S/C20H27N5O6S/c1-15-6-8-20(9-7-15)18(26)24(19(27)21-20)14-22-10-12-23(13-11-22)32(30,31)17-5-3-2-4-16(17)25(28)29/h2-5,15H,6-14H2,1H3,(H,21,27). The topological polar surface area (TPSA) is 133 Å². The molecule has 3 fully saturated rings. The molecule has 3 amide bonds. The average Bonchev–Trinajstić information content (AvgIpc) is 3.00. The Morgan fingerprint density at radius 1 is 1.12 bits per heavy atom. The monoisotopic (exact) mass is 465 g/mol. The van der Waals surface area contributed by atoms with Crippen LogP contribution in [0.1, 0.15) is 32.6 Å². The zero-order valence-corrected chi connectivity index (χ0v) is 18.7. The first kappa shape index (κ1) is 22.6. The van der Waals surface area contributed by atoms with Crippen LogP contribution in [0.3, 0.4) is 0 Å². The fraction of sp³-hybridized carbons (Fsp3) is 0.600. The first-order valence-electron chi connectivity index (χ1n) is 10.7. The van der Waals surface area contributed by atoms with Gasteiger partial charge in [-0.3, -0.25) is 19.8 Å². The highest BCUT2D eigenvalue weighted by molar-refractivity contribution is 7.89. The van der Waals surface area contributed by atoms with Gasteiger partial charge in [0.1, 0.15) is 5.54 Å². The molecule has 3 aliphatic rings. The Labute approximate surface area is 186 Å². The maximum Gasteiger partial charge on any atom is 0.326 e. The summed E-state index contributed by atoms with van der Waals surface area (Å²) in [6, 6.07) is 4.88. The van der Waals surface area contributed by atoms with Crippen molar-refractivity contribution < 1.29 is 22.9 Å². The van der Waals surface area contributed by atoms with Crippen molar-refractivity contribution in [1.29, 1.82) is 0 Å². The molecule has 1 saturated carbocycles. The number of imide groups is 1. The van der Waals surface area contributed by atoms with Crippen molar-refractivity contribution in [3.8, 4) is 0 Å². The molecule has 2 heterocycles. The number of carbonyl (C=O) groups excluding carboxylic acids is 2.